The number of azo groups is 1. The number of carbonyl (C=O) groups is 1. The maximum atomic E-state index is 10.5. The van der Waals surface area contributed by atoms with Gasteiger partial charge in [0.15, 0.2) is 0 Å². The molecule has 0 aliphatic rings. The van der Waals surface area contributed by atoms with E-state index in [0.29, 0.717) is 6.42 Å². The summed E-state index contributed by atoms with van der Waals surface area (Å²) in [5.41, 5.74) is 3.07. The standard InChI is InChI=1S/C30H44N2O3/c1-2-3-4-9-12-15-26-17-19-27(20-18-26)31-32-28-21-23-29(24-22-28)35-25-14-11-8-6-5-7-10-13-16-30(33)34/h17-24H,2-16,25H2,1H3,(H,33,34). The Bertz CT molecular complexity index is 832. The summed E-state index contributed by atoms with van der Waals surface area (Å²) < 4.78 is 5.84. The predicted octanol–water partition coefficient (Wildman–Crippen LogP) is 9.59. The number of nitrogens with zero attached hydrogens (tertiary/aromatic N) is 2. The molecule has 0 aromatic heterocycles. The zero-order valence-electron chi connectivity index (χ0n) is 21.6. The second kappa shape index (κ2) is 18.6. The third-order valence-electron chi connectivity index (χ3n) is 6.18. The molecule has 0 heterocycles. The molecule has 0 atom stereocenters. The summed E-state index contributed by atoms with van der Waals surface area (Å²) in [4.78, 5) is 10.5. The summed E-state index contributed by atoms with van der Waals surface area (Å²) in [6.07, 6.45) is 16.8. The molecule has 0 radical (unpaired) electrons. The van der Waals surface area contributed by atoms with Crippen molar-refractivity contribution in [3.63, 3.8) is 0 Å². The number of carboxylic acids is 1. The van der Waals surface area contributed by atoms with Crippen molar-refractivity contribution in [2.75, 3.05) is 6.61 Å². The van der Waals surface area contributed by atoms with Gasteiger partial charge in [-0.05, 0) is 67.6 Å². The molecule has 5 heteroatoms. The Labute approximate surface area is 212 Å². The van der Waals surface area contributed by atoms with Crippen LogP contribution in [-0.2, 0) is 11.2 Å². The van der Waals surface area contributed by atoms with Crippen LogP contribution in [0.15, 0.2) is 58.8 Å². The van der Waals surface area contributed by atoms with Gasteiger partial charge < -0.3 is 9.84 Å². The number of carboxylic acid groups (broad SMARTS) is 1. The Kier molecular flexibility index (Phi) is 15.2. The average Bonchev–Trinajstić information content (AvgIpc) is 2.87. The fourth-order valence-corrected chi connectivity index (χ4v) is 4.02. The molecule has 0 unspecified atom stereocenters. The number of rotatable bonds is 20. The van der Waals surface area contributed by atoms with Crippen molar-refractivity contribution in [1.29, 1.82) is 0 Å². The smallest absolute Gasteiger partial charge is 0.303 e. The molecule has 0 saturated carbocycles. The van der Waals surface area contributed by atoms with E-state index in [2.05, 4.69) is 29.3 Å². The van der Waals surface area contributed by atoms with Gasteiger partial charge in [-0.15, -0.1) is 0 Å². The largest absolute Gasteiger partial charge is 0.494 e. The van der Waals surface area contributed by atoms with Crippen molar-refractivity contribution in [3.8, 4) is 5.75 Å². The average molecular weight is 481 g/mol. The minimum absolute atomic E-state index is 0.300. The van der Waals surface area contributed by atoms with Crippen molar-refractivity contribution < 1.29 is 14.6 Å². The van der Waals surface area contributed by atoms with Gasteiger partial charge in [0.05, 0.1) is 18.0 Å². The lowest BCUT2D eigenvalue weighted by Gasteiger charge is -2.06. The molecule has 1 N–H and O–H groups in total. The number of aryl methyl sites for hydroxylation is 1. The monoisotopic (exact) mass is 480 g/mol. The van der Waals surface area contributed by atoms with Crippen molar-refractivity contribution in [2.45, 2.75) is 103 Å². The van der Waals surface area contributed by atoms with Crippen LogP contribution < -0.4 is 4.74 Å². The first kappa shape index (κ1) is 28.5. The second-order valence-electron chi connectivity index (χ2n) is 9.35. The van der Waals surface area contributed by atoms with Crippen molar-refractivity contribution in [2.24, 2.45) is 10.2 Å². The molecule has 0 amide bonds. The van der Waals surface area contributed by atoms with E-state index in [9.17, 15) is 4.79 Å². The Morgan fingerprint density at radius 3 is 1.80 bits per heavy atom. The molecular formula is C30H44N2O3. The quantitative estimate of drug-likeness (QED) is 0.151. The van der Waals surface area contributed by atoms with Gasteiger partial charge in [0.25, 0.3) is 0 Å². The number of ether oxygens (including phenoxy) is 1. The first-order chi connectivity index (χ1) is 17.2. The molecule has 192 valence electrons. The lowest BCUT2D eigenvalue weighted by atomic mass is 10.1. The van der Waals surface area contributed by atoms with Crippen LogP contribution in [-0.4, -0.2) is 17.7 Å². The number of unbranched alkanes of at least 4 members (excludes halogenated alkanes) is 11. The first-order valence-electron chi connectivity index (χ1n) is 13.6. The van der Waals surface area contributed by atoms with Gasteiger partial charge in [-0.1, -0.05) is 83.3 Å². The lowest BCUT2D eigenvalue weighted by molar-refractivity contribution is -0.137. The van der Waals surface area contributed by atoms with Crippen molar-refractivity contribution in [3.05, 3.63) is 54.1 Å². The van der Waals surface area contributed by atoms with Crippen LogP contribution >= 0.6 is 0 Å². The maximum Gasteiger partial charge on any atom is 0.303 e. The number of hydrogen-bond acceptors (Lipinski definition) is 4. The Morgan fingerprint density at radius 1 is 0.686 bits per heavy atom. The highest BCUT2D eigenvalue weighted by molar-refractivity contribution is 5.66. The van der Waals surface area contributed by atoms with Crippen molar-refractivity contribution in [1.82, 2.24) is 0 Å². The molecule has 2 rings (SSSR count). The normalized spacial score (nSPS) is 11.2. The van der Waals surface area contributed by atoms with Gasteiger partial charge in [0.1, 0.15) is 5.75 Å². The summed E-state index contributed by atoms with van der Waals surface area (Å²) >= 11 is 0. The van der Waals surface area contributed by atoms with Crippen LogP contribution in [0.25, 0.3) is 0 Å². The second-order valence-corrected chi connectivity index (χ2v) is 9.35. The highest BCUT2D eigenvalue weighted by Gasteiger charge is 1.99. The van der Waals surface area contributed by atoms with E-state index in [1.165, 1.54) is 63.4 Å². The number of benzene rings is 2. The molecule has 2 aromatic carbocycles. The third kappa shape index (κ3) is 14.3. The SMILES string of the molecule is CCCCCCCc1ccc(N=Nc2ccc(OCCCCCCCCCCC(=O)O)cc2)cc1. The fourth-order valence-electron chi connectivity index (χ4n) is 4.02. The third-order valence-corrected chi connectivity index (χ3v) is 6.18. The van der Waals surface area contributed by atoms with Crippen molar-refractivity contribution >= 4 is 17.3 Å². The van der Waals surface area contributed by atoms with Gasteiger partial charge in [-0.25, -0.2) is 0 Å². The van der Waals surface area contributed by atoms with Crippen LogP contribution in [0.5, 0.6) is 5.75 Å². The molecule has 0 spiro atoms. The van der Waals surface area contributed by atoms with E-state index in [-0.39, 0.29) is 0 Å². The van der Waals surface area contributed by atoms with E-state index in [4.69, 9.17) is 9.84 Å². The molecule has 0 fully saturated rings. The Morgan fingerprint density at radius 2 is 1.20 bits per heavy atom. The first-order valence-corrected chi connectivity index (χ1v) is 13.6. The molecular weight excluding hydrogens is 436 g/mol. The zero-order chi connectivity index (χ0) is 25.0. The van der Waals surface area contributed by atoms with Gasteiger partial charge in [-0.2, -0.15) is 10.2 Å². The Hall–Kier alpha value is -2.69. The summed E-state index contributed by atoms with van der Waals surface area (Å²) in [6, 6.07) is 16.2. The number of aliphatic carboxylic acids is 1. The fraction of sp³-hybridized carbons (Fsp3) is 0.567. The highest BCUT2D eigenvalue weighted by Crippen LogP contribution is 2.22. The summed E-state index contributed by atoms with van der Waals surface area (Å²) in [7, 11) is 0. The van der Waals surface area contributed by atoms with E-state index >= 15 is 0 Å². The molecule has 5 nitrogen and oxygen atoms in total. The minimum atomic E-state index is -0.687. The van der Waals surface area contributed by atoms with Crippen LogP contribution in [0.1, 0.15) is 102 Å². The molecule has 0 bridgehead atoms. The van der Waals surface area contributed by atoms with Gasteiger partial charge in [-0.3, -0.25) is 4.79 Å². The lowest BCUT2D eigenvalue weighted by Crippen LogP contribution is -1.97. The van der Waals surface area contributed by atoms with E-state index < -0.39 is 5.97 Å². The van der Waals surface area contributed by atoms with E-state index in [1.54, 1.807) is 0 Å². The zero-order valence-corrected chi connectivity index (χ0v) is 21.6. The molecule has 0 saturated heterocycles. The summed E-state index contributed by atoms with van der Waals surface area (Å²) in [6.45, 7) is 2.98. The van der Waals surface area contributed by atoms with Gasteiger partial charge >= 0.3 is 5.97 Å². The number of hydrogen-bond donors (Lipinski definition) is 1. The van der Waals surface area contributed by atoms with Crippen LogP contribution in [0.2, 0.25) is 0 Å². The van der Waals surface area contributed by atoms with Crippen LogP contribution in [0.3, 0.4) is 0 Å². The van der Waals surface area contributed by atoms with Gasteiger partial charge in [0.2, 0.25) is 0 Å². The molecule has 35 heavy (non-hydrogen) atoms. The highest BCUT2D eigenvalue weighted by atomic mass is 16.5. The molecule has 0 aliphatic carbocycles. The van der Waals surface area contributed by atoms with Crippen LogP contribution in [0.4, 0.5) is 11.4 Å². The Balaban J connectivity index is 1.55. The molecule has 0 aliphatic heterocycles. The molecule has 2 aromatic rings. The predicted molar refractivity (Wildman–Crippen MR) is 144 cm³/mol. The van der Waals surface area contributed by atoms with E-state index in [0.717, 1.165) is 55.8 Å². The topological polar surface area (TPSA) is 71.2 Å². The van der Waals surface area contributed by atoms with Gasteiger partial charge in [0, 0.05) is 6.42 Å². The summed E-state index contributed by atoms with van der Waals surface area (Å²) in [5, 5.41) is 17.3. The minimum Gasteiger partial charge on any atom is -0.494 e. The van der Waals surface area contributed by atoms with Crippen LogP contribution in [0, 0.1) is 0 Å². The van der Waals surface area contributed by atoms with E-state index in [1.807, 2.05) is 36.4 Å². The maximum absolute atomic E-state index is 10.5. The summed E-state index contributed by atoms with van der Waals surface area (Å²) in [5.74, 6) is 0.180.